The van der Waals surface area contributed by atoms with Crippen LogP contribution in [0.3, 0.4) is 0 Å². The summed E-state index contributed by atoms with van der Waals surface area (Å²) < 4.78 is 21.1. The number of anilines is 1. The fourth-order valence-corrected chi connectivity index (χ4v) is 5.05. The SMILES string of the molecule is CC1CN2c3ncnc4c(F)c(Br)c(Cl)c(c34)OCCC2CN1Cc1ccccc1. The van der Waals surface area contributed by atoms with E-state index < -0.39 is 5.82 Å². The molecule has 3 heterocycles. The predicted octanol–water partition coefficient (Wildman–Crippen LogP) is 5.05. The average molecular weight is 492 g/mol. The van der Waals surface area contributed by atoms with Gasteiger partial charge < -0.3 is 9.64 Å². The van der Waals surface area contributed by atoms with Crippen molar-refractivity contribution in [1.82, 2.24) is 14.9 Å². The van der Waals surface area contributed by atoms with Gasteiger partial charge in [-0.15, -0.1) is 0 Å². The standard InChI is InChI=1S/C22H21BrClFN4O/c1-13-9-29-15(11-28(13)10-14-5-3-2-4-6-14)7-8-30-21-16-20(26-12-27-22(16)29)19(25)17(23)18(21)24/h2-6,12-13,15H,7-11H2,1H3. The molecule has 2 aliphatic heterocycles. The highest BCUT2D eigenvalue weighted by molar-refractivity contribution is 9.10. The molecule has 0 saturated carbocycles. The van der Waals surface area contributed by atoms with E-state index in [0.717, 1.165) is 26.1 Å². The van der Waals surface area contributed by atoms with Gasteiger partial charge in [0.05, 0.1) is 16.5 Å². The van der Waals surface area contributed by atoms with E-state index in [1.54, 1.807) is 0 Å². The zero-order valence-electron chi connectivity index (χ0n) is 16.5. The molecule has 2 aliphatic rings. The van der Waals surface area contributed by atoms with Crippen molar-refractivity contribution in [3.05, 3.63) is 57.5 Å². The van der Waals surface area contributed by atoms with Gasteiger partial charge in [-0.25, -0.2) is 14.4 Å². The summed E-state index contributed by atoms with van der Waals surface area (Å²) in [4.78, 5) is 13.5. The number of fused-ring (bicyclic) bond motifs is 2. The lowest BCUT2D eigenvalue weighted by atomic mass is 10.0. The van der Waals surface area contributed by atoms with Crippen LogP contribution in [0, 0.1) is 5.82 Å². The first-order chi connectivity index (χ1) is 14.5. The molecule has 0 aliphatic carbocycles. The van der Waals surface area contributed by atoms with E-state index in [1.807, 2.05) is 6.07 Å². The van der Waals surface area contributed by atoms with Crippen LogP contribution in [0.2, 0.25) is 5.02 Å². The normalized spacial score (nSPS) is 21.7. The minimum absolute atomic E-state index is 0.175. The highest BCUT2D eigenvalue weighted by Crippen LogP contribution is 2.45. The van der Waals surface area contributed by atoms with Crippen molar-refractivity contribution in [2.75, 3.05) is 24.6 Å². The van der Waals surface area contributed by atoms with E-state index in [4.69, 9.17) is 16.3 Å². The molecule has 8 heteroatoms. The largest absolute Gasteiger partial charge is 0.491 e. The molecule has 1 aromatic heterocycles. The van der Waals surface area contributed by atoms with Gasteiger partial charge in [-0.1, -0.05) is 41.9 Å². The summed E-state index contributed by atoms with van der Waals surface area (Å²) in [5.41, 5.74) is 1.53. The van der Waals surface area contributed by atoms with Crippen LogP contribution in [0.25, 0.3) is 10.9 Å². The van der Waals surface area contributed by atoms with Gasteiger partial charge >= 0.3 is 0 Å². The van der Waals surface area contributed by atoms with Crippen molar-refractivity contribution < 1.29 is 9.13 Å². The van der Waals surface area contributed by atoms with Gasteiger partial charge in [0.15, 0.2) is 11.6 Å². The van der Waals surface area contributed by atoms with Gasteiger partial charge in [-0.3, -0.25) is 4.90 Å². The van der Waals surface area contributed by atoms with E-state index in [2.05, 4.69) is 66.9 Å². The molecule has 1 saturated heterocycles. The molecule has 0 radical (unpaired) electrons. The van der Waals surface area contributed by atoms with Crippen molar-refractivity contribution >= 4 is 44.3 Å². The van der Waals surface area contributed by atoms with Crippen LogP contribution < -0.4 is 9.64 Å². The molecule has 2 atom stereocenters. The Morgan fingerprint density at radius 2 is 2.03 bits per heavy atom. The third kappa shape index (κ3) is 3.33. The third-order valence-corrected chi connectivity index (χ3v) is 7.35. The first-order valence-corrected chi connectivity index (χ1v) is 11.2. The summed E-state index contributed by atoms with van der Waals surface area (Å²) in [6.45, 7) is 5.29. The Bertz CT molecular complexity index is 1100. The first kappa shape index (κ1) is 20.0. The maximum Gasteiger partial charge on any atom is 0.165 e. The summed E-state index contributed by atoms with van der Waals surface area (Å²) in [6, 6.07) is 11.0. The van der Waals surface area contributed by atoms with E-state index >= 15 is 0 Å². The molecule has 156 valence electrons. The number of nitrogens with zero attached hydrogens (tertiary/aromatic N) is 4. The van der Waals surface area contributed by atoms with Gasteiger partial charge in [0.2, 0.25) is 0 Å². The number of halogens is 3. The highest BCUT2D eigenvalue weighted by Gasteiger charge is 2.36. The van der Waals surface area contributed by atoms with Crippen LogP contribution in [0.15, 0.2) is 41.1 Å². The van der Waals surface area contributed by atoms with Gasteiger partial charge in [-0.05, 0) is 28.4 Å². The van der Waals surface area contributed by atoms with Gasteiger partial charge in [-0.2, -0.15) is 0 Å². The van der Waals surface area contributed by atoms with Gasteiger partial charge in [0, 0.05) is 38.1 Å². The van der Waals surface area contributed by atoms with Gasteiger partial charge in [0.1, 0.15) is 22.7 Å². The average Bonchev–Trinajstić information content (AvgIpc) is 2.75. The summed E-state index contributed by atoms with van der Waals surface area (Å²) in [7, 11) is 0. The van der Waals surface area contributed by atoms with Crippen LogP contribution in [0.4, 0.5) is 10.2 Å². The topological polar surface area (TPSA) is 41.5 Å². The second-order valence-corrected chi connectivity index (χ2v) is 9.07. The first-order valence-electron chi connectivity index (χ1n) is 10.0. The Morgan fingerprint density at radius 3 is 2.83 bits per heavy atom. The molecule has 0 spiro atoms. The van der Waals surface area contributed by atoms with Crippen LogP contribution in [-0.2, 0) is 6.54 Å². The van der Waals surface area contributed by atoms with Gasteiger partial charge in [0.25, 0.3) is 0 Å². The fraction of sp³-hybridized carbons (Fsp3) is 0.364. The number of hydrogen-bond acceptors (Lipinski definition) is 5. The summed E-state index contributed by atoms with van der Waals surface area (Å²) in [5, 5.41) is 0.780. The van der Waals surface area contributed by atoms with Crippen molar-refractivity contribution in [2.24, 2.45) is 0 Å². The van der Waals surface area contributed by atoms with Crippen LogP contribution >= 0.6 is 27.5 Å². The zero-order chi connectivity index (χ0) is 20.8. The lowest BCUT2D eigenvalue weighted by molar-refractivity contribution is 0.140. The summed E-state index contributed by atoms with van der Waals surface area (Å²) >= 11 is 9.67. The van der Waals surface area contributed by atoms with Crippen molar-refractivity contribution in [2.45, 2.75) is 32.0 Å². The Balaban J connectivity index is 1.55. The lowest BCUT2D eigenvalue weighted by Gasteiger charge is -2.47. The van der Waals surface area contributed by atoms with Crippen LogP contribution in [0.1, 0.15) is 18.9 Å². The molecule has 0 bridgehead atoms. The van der Waals surface area contributed by atoms with Crippen molar-refractivity contribution in [3.63, 3.8) is 0 Å². The second kappa shape index (κ2) is 7.94. The maximum atomic E-state index is 14.9. The Morgan fingerprint density at radius 1 is 1.23 bits per heavy atom. The number of benzene rings is 2. The smallest absolute Gasteiger partial charge is 0.165 e. The van der Waals surface area contributed by atoms with Crippen molar-refractivity contribution in [3.8, 4) is 5.75 Å². The van der Waals surface area contributed by atoms with E-state index in [1.165, 1.54) is 11.9 Å². The van der Waals surface area contributed by atoms with Crippen LogP contribution in [0.5, 0.6) is 5.75 Å². The van der Waals surface area contributed by atoms with E-state index in [9.17, 15) is 4.39 Å². The van der Waals surface area contributed by atoms with E-state index in [-0.39, 0.29) is 21.1 Å². The lowest BCUT2D eigenvalue weighted by Crippen LogP contribution is -2.58. The Labute approximate surface area is 187 Å². The molecule has 5 rings (SSSR count). The Kier molecular flexibility index (Phi) is 5.29. The van der Waals surface area contributed by atoms with E-state index in [0.29, 0.717) is 29.6 Å². The molecule has 0 amide bonds. The maximum absolute atomic E-state index is 14.9. The third-order valence-electron chi connectivity index (χ3n) is 6.02. The zero-order valence-corrected chi connectivity index (χ0v) is 18.8. The highest BCUT2D eigenvalue weighted by atomic mass is 79.9. The molecule has 3 aromatic rings. The Hall–Kier alpha value is -1.96. The minimum atomic E-state index is -0.487. The van der Waals surface area contributed by atoms with Crippen LogP contribution in [-0.4, -0.2) is 46.6 Å². The quantitative estimate of drug-likeness (QED) is 0.470. The molecule has 0 N–H and O–H groups in total. The second-order valence-electron chi connectivity index (χ2n) is 7.90. The number of ether oxygens (including phenoxy) is 1. The molecule has 1 fully saturated rings. The minimum Gasteiger partial charge on any atom is -0.491 e. The molecule has 2 aromatic carbocycles. The number of aromatic nitrogens is 2. The van der Waals surface area contributed by atoms with Crippen molar-refractivity contribution in [1.29, 1.82) is 0 Å². The fourth-order valence-electron chi connectivity index (χ4n) is 4.46. The molecule has 2 unspecified atom stereocenters. The monoisotopic (exact) mass is 490 g/mol. The number of piperazine rings is 1. The summed E-state index contributed by atoms with van der Waals surface area (Å²) in [5.74, 6) is 0.659. The molecular weight excluding hydrogens is 471 g/mol. The number of rotatable bonds is 2. The molecule has 5 nitrogen and oxygen atoms in total. The molecular formula is C22H21BrClFN4O. The summed E-state index contributed by atoms with van der Waals surface area (Å²) in [6.07, 6.45) is 2.25. The predicted molar refractivity (Wildman–Crippen MR) is 120 cm³/mol. The molecule has 30 heavy (non-hydrogen) atoms. The number of hydrogen-bond donors (Lipinski definition) is 0.